The van der Waals surface area contributed by atoms with Gasteiger partial charge in [-0.3, -0.25) is 9.59 Å². The average Bonchev–Trinajstić information content (AvgIpc) is 2.38. The van der Waals surface area contributed by atoms with Crippen LogP contribution < -0.4 is 0 Å². The van der Waals surface area contributed by atoms with Gasteiger partial charge in [-0.05, 0) is 24.3 Å². The molecule has 0 aliphatic heterocycles. The molecule has 0 unspecified atom stereocenters. The molecule has 1 aliphatic rings. The van der Waals surface area contributed by atoms with Crippen LogP contribution in [0.1, 0.15) is 64.3 Å². The Balaban J connectivity index is 2.38. The van der Waals surface area contributed by atoms with E-state index in [-0.39, 0.29) is 0 Å². The minimum Gasteiger partial charge on any atom is -0.298 e. The molecule has 2 nitrogen and oxygen atoms in total. The molecule has 0 bridgehead atoms. The summed E-state index contributed by atoms with van der Waals surface area (Å²) in [5, 5.41) is 0. The fourth-order valence-electron chi connectivity index (χ4n) is 2.61. The summed E-state index contributed by atoms with van der Waals surface area (Å²) >= 11 is 0. The van der Waals surface area contributed by atoms with Gasteiger partial charge in [0.1, 0.15) is 0 Å². The second-order valence-electron chi connectivity index (χ2n) is 4.42. The summed E-state index contributed by atoms with van der Waals surface area (Å²) in [6.07, 6.45) is 7.64. The predicted octanol–water partition coefficient (Wildman–Crippen LogP) is 3.36. The van der Waals surface area contributed by atoms with E-state index in [1.54, 1.807) is 6.07 Å². The first kappa shape index (κ1) is 11.1. The third-order valence-corrected chi connectivity index (χ3v) is 3.46. The van der Waals surface area contributed by atoms with Gasteiger partial charge in [0, 0.05) is 11.1 Å². The molecule has 0 N–H and O–H groups in total. The highest BCUT2D eigenvalue weighted by molar-refractivity contribution is 5.91. The summed E-state index contributed by atoms with van der Waals surface area (Å²) in [6.45, 7) is 0. The lowest BCUT2D eigenvalue weighted by atomic mass is 9.81. The van der Waals surface area contributed by atoms with E-state index in [1.807, 2.05) is 12.1 Å². The Bertz CT molecular complexity index is 390. The maximum absolute atomic E-state index is 11.1. The molecule has 1 aromatic rings. The standard InChI is InChI=1S/C14H16O2/c15-9-12-7-4-8-13(14(12)10-16)11-5-2-1-3-6-11/h4,7-11H,1-3,5-6H2. The summed E-state index contributed by atoms with van der Waals surface area (Å²) in [5.41, 5.74) is 2.20. The fourth-order valence-corrected chi connectivity index (χ4v) is 2.61. The fraction of sp³-hybridized carbons (Fsp3) is 0.429. The van der Waals surface area contributed by atoms with E-state index in [2.05, 4.69) is 0 Å². The number of rotatable bonds is 3. The van der Waals surface area contributed by atoms with Crippen molar-refractivity contribution in [1.29, 1.82) is 0 Å². The molecule has 0 aromatic heterocycles. The Morgan fingerprint density at radius 3 is 2.38 bits per heavy atom. The number of benzene rings is 1. The lowest BCUT2D eigenvalue weighted by molar-refractivity contribution is 0.109. The van der Waals surface area contributed by atoms with Crippen molar-refractivity contribution in [2.45, 2.75) is 38.0 Å². The van der Waals surface area contributed by atoms with Crippen LogP contribution in [0, 0.1) is 0 Å². The van der Waals surface area contributed by atoms with E-state index in [0.29, 0.717) is 17.0 Å². The SMILES string of the molecule is O=Cc1cccc(C2CCCCC2)c1C=O. The molecule has 1 aromatic carbocycles. The molecule has 84 valence electrons. The van der Waals surface area contributed by atoms with Gasteiger partial charge in [-0.2, -0.15) is 0 Å². The predicted molar refractivity (Wildman–Crippen MR) is 63.0 cm³/mol. The quantitative estimate of drug-likeness (QED) is 0.726. The molecule has 0 radical (unpaired) electrons. The highest BCUT2D eigenvalue weighted by atomic mass is 16.1. The molecule has 0 saturated heterocycles. The van der Waals surface area contributed by atoms with Gasteiger partial charge < -0.3 is 0 Å². The lowest BCUT2D eigenvalue weighted by Crippen LogP contribution is -2.08. The average molecular weight is 216 g/mol. The van der Waals surface area contributed by atoms with Gasteiger partial charge in [-0.25, -0.2) is 0 Å². The Morgan fingerprint density at radius 1 is 1.00 bits per heavy atom. The Morgan fingerprint density at radius 2 is 1.75 bits per heavy atom. The highest BCUT2D eigenvalue weighted by Crippen LogP contribution is 2.34. The van der Waals surface area contributed by atoms with Crippen LogP contribution in [0.2, 0.25) is 0 Å². The zero-order valence-corrected chi connectivity index (χ0v) is 9.32. The number of aldehydes is 2. The molecular weight excluding hydrogens is 200 g/mol. The zero-order chi connectivity index (χ0) is 11.4. The molecule has 0 heterocycles. The largest absolute Gasteiger partial charge is 0.298 e. The summed E-state index contributed by atoms with van der Waals surface area (Å²) in [7, 11) is 0. The maximum Gasteiger partial charge on any atom is 0.151 e. The van der Waals surface area contributed by atoms with Gasteiger partial charge in [0.15, 0.2) is 12.6 Å². The van der Waals surface area contributed by atoms with Crippen molar-refractivity contribution in [3.05, 3.63) is 34.9 Å². The van der Waals surface area contributed by atoms with Crippen molar-refractivity contribution in [2.24, 2.45) is 0 Å². The minimum atomic E-state index is 0.467. The van der Waals surface area contributed by atoms with Gasteiger partial charge in [-0.1, -0.05) is 37.5 Å². The van der Waals surface area contributed by atoms with Gasteiger partial charge >= 0.3 is 0 Å². The maximum atomic E-state index is 11.1. The number of hydrogen-bond donors (Lipinski definition) is 0. The molecular formula is C14H16O2. The van der Waals surface area contributed by atoms with Crippen LogP contribution in [0.25, 0.3) is 0 Å². The van der Waals surface area contributed by atoms with Crippen LogP contribution in [0.3, 0.4) is 0 Å². The third-order valence-electron chi connectivity index (χ3n) is 3.46. The normalized spacial score (nSPS) is 17.0. The van der Waals surface area contributed by atoms with E-state index in [1.165, 1.54) is 19.3 Å². The molecule has 2 rings (SSSR count). The monoisotopic (exact) mass is 216 g/mol. The zero-order valence-electron chi connectivity index (χ0n) is 9.32. The molecule has 0 amide bonds. The number of hydrogen-bond acceptors (Lipinski definition) is 2. The molecule has 16 heavy (non-hydrogen) atoms. The van der Waals surface area contributed by atoms with Crippen LogP contribution in [-0.2, 0) is 0 Å². The van der Waals surface area contributed by atoms with Gasteiger partial charge in [0.2, 0.25) is 0 Å². The molecule has 0 atom stereocenters. The molecule has 1 fully saturated rings. The first-order chi connectivity index (χ1) is 7.86. The molecule has 1 aliphatic carbocycles. The smallest absolute Gasteiger partial charge is 0.151 e. The molecule has 0 spiro atoms. The summed E-state index contributed by atoms with van der Waals surface area (Å²) < 4.78 is 0. The van der Waals surface area contributed by atoms with Gasteiger partial charge in [0.05, 0.1) is 0 Å². The second-order valence-corrected chi connectivity index (χ2v) is 4.42. The van der Waals surface area contributed by atoms with E-state index in [9.17, 15) is 9.59 Å². The minimum absolute atomic E-state index is 0.467. The Hall–Kier alpha value is -1.44. The van der Waals surface area contributed by atoms with Crippen molar-refractivity contribution >= 4 is 12.6 Å². The van der Waals surface area contributed by atoms with Crippen molar-refractivity contribution in [2.75, 3.05) is 0 Å². The Kier molecular flexibility index (Phi) is 3.50. The number of carbonyl (C=O) groups is 2. The van der Waals surface area contributed by atoms with Crippen LogP contribution in [0.5, 0.6) is 0 Å². The first-order valence-corrected chi connectivity index (χ1v) is 5.90. The van der Waals surface area contributed by atoms with Gasteiger partial charge in [0.25, 0.3) is 0 Å². The summed E-state index contributed by atoms with van der Waals surface area (Å²) in [4.78, 5) is 22.0. The Labute approximate surface area is 95.7 Å². The van der Waals surface area contributed by atoms with Crippen molar-refractivity contribution < 1.29 is 9.59 Å². The van der Waals surface area contributed by atoms with Gasteiger partial charge in [-0.15, -0.1) is 0 Å². The van der Waals surface area contributed by atoms with E-state index in [0.717, 1.165) is 31.0 Å². The highest BCUT2D eigenvalue weighted by Gasteiger charge is 2.19. The van der Waals surface area contributed by atoms with Crippen molar-refractivity contribution in [3.63, 3.8) is 0 Å². The van der Waals surface area contributed by atoms with E-state index >= 15 is 0 Å². The van der Waals surface area contributed by atoms with Crippen molar-refractivity contribution in [3.8, 4) is 0 Å². The van der Waals surface area contributed by atoms with Crippen LogP contribution in [0.4, 0.5) is 0 Å². The number of carbonyl (C=O) groups excluding carboxylic acids is 2. The van der Waals surface area contributed by atoms with Crippen LogP contribution in [0.15, 0.2) is 18.2 Å². The van der Waals surface area contributed by atoms with E-state index in [4.69, 9.17) is 0 Å². The molecule has 2 heteroatoms. The topological polar surface area (TPSA) is 34.1 Å². The first-order valence-electron chi connectivity index (χ1n) is 5.90. The van der Waals surface area contributed by atoms with Crippen LogP contribution >= 0.6 is 0 Å². The summed E-state index contributed by atoms with van der Waals surface area (Å²) in [5.74, 6) is 0.467. The lowest BCUT2D eigenvalue weighted by Gasteiger charge is -2.23. The second kappa shape index (κ2) is 5.06. The van der Waals surface area contributed by atoms with E-state index < -0.39 is 0 Å². The molecule has 1 saturated carbocycles. The summed E-state index contributed by atoms with van der Waals surface area (Å²) in [6, 6.07) is 5.58. The van der Waals surface area contributed by atoms with Crippen LogP contribution in [-0.4, -0.2) is 12.6 Å². The third kappa shape index (κ3) is 2.06. The van der Waals surface area contributed by atoms with Crippen molar-refractivity contribution in [1.82, 2.24) is 0 Å².